The van der Waals surface area contributed by atoms with Crippen LogP contribution in [0.2, 0.25) is 0 Å². The monoisotopic (exact) mass is 265 g/mol. The molecule has 1 N–H and O–H groups in total. The number of hydrogen-bond acceptors (Lipinski definition) is 3. The molecular weight excluding hydrogens is 242 g/mol. The lowest BCUT2D eigenvalue weighted by Crippen LogP contribution is -2.45. The number of nitrogens with zero attached hydrogens (tertiary/aromatic N) is 3. The Balaban J connectivity index is 2.08. The average Bonchev–Trinajstić information content (AvgIpc) is 2.74. The summed E-state index contributed by atoms with van der Waals surface area (Å²) in [5.41, 5.74) is 0. The third-order valence-electron chi connectivity index (χ3n) is 4.27. The van der Waals surface area contributed by atoms with Crippen molar-refractivity contribution >= 4 is 5.97 Å². The largest absolute Gasteiger partial charge is 0.481 e. The Morgan fingerprint density at radius 2 is 2.32 bits per heavy atom. The Hall–Kier alpha value is -1.36. The minimum absolute atomic E-state index is 0.109. The molecule has 0 aromatic carbocycles. The summed E-state index contributed by atoms with van der Waals surface area (Å²) >= 11 is 0. The molecule has 1 fully saturated rings. The summed E-state index contributed by atoms with van der Waals surface area (Å²) in [7, 11) is 3.97. The summed E-state index contributed by atoms with van der Waals surface area (Å²) in [6.45, 7) is 2.91. The molecule has 0 radical (unpaired) electrons. The zero-order valence-electron chi connectivity index (χ0n) is 11.9. The Kier molecular flexibility index (Phi) is 4.24. The van der Waals surface area contributed by atoms with Gasteiger partial charge in [-0.15, -0.1) is 0 Å². The van der Waals surface area contributed by atoms with E-state index in [1.165, 1.54) is 0 Å². The van der Waals surface area contributed by atoms with Crippen molar-refractivity contribution in [3.63, 3.8) is 0 Å². The zero-order chi connectivity index (χ0) is 14.0. The molecule has 1 heterocycles. The summed E-state index contributed by atoms with van der Waals surface area (Å²) in [5, 5.41) is 9.38. The van der Waals surface area contributed by atoms with E-state index in [0.717, 1.165) is 25.1 Å². The second kappa shape index (κ2) is 5.74. The van der Waals surface area contributed by atoms with Crippen LogP contribution in [0.4, 0.5) is 0 Å². The van der Waals surface area contributed by atoms with E-state index in [0.29, 0.717) is 12.5 Å². The van der Waals surface area contributed by atoms with Gasteiger partial charge in [-0.2, -0.15) is 0 Å². The maximum atomic E-state index is 11.4. The van der Waals surface area contributed by atoms with Crippen LogP contribution in [-0.4, -0.2) is 38.6 Å². The number of rotatable bonds is 4. The fourth-order valence-electron chi connectivity index (χ4n) is 3.02. The van der Waals surface area contributed by atoms with E-state index >= 15 is 0 Å². The predicted octanol–water partition coefficient (Wildman–Crippen LogP) is 1.74. The molecule has 5 heteroatoms. The Morgan fingerprint density at radius 3 is 2.89 bits per heavy atom. The molecule has 1 aromatic heterocycles. The number of aromatic nitrogens is 2. The van der Waals surface area contributed by atoms with Gasteiger partial charge < -0.3 is 9.67 Å². The molecular formula is C14H23N3O2. The number of hydrogen-bond donors (Lipinski definition) is 1. The molecule has 1 aliphatic carbocycles. The van der Waals surface area contributed by atoms with Crippen molar-refractivity contribution in [3.8, 4) is 0 Å². The minimum atomic E-state index is -0.663. The Morgan fingerprint density at radius 1 is 1.58 bits per heavy atom. The van der Waals surface area contributed by atoms with E-state index in [2.05, 4.69) is 16.8 Å². The van der Waals surface area contributed by atoms with Gasteiger partial charge in [0.05, 0.1) is 12.5 Å². The highest BCUT2D eigenvalue weighted by atomic mass is 16.4. The van der Waals surface area contributed by atoms with Crippen molar-refractivity contribution in [3.05, 3.63) is 18.2 Å². The van der Waals surface area contributed by atoms with Gasteiger partial charge in [0.15, 0.2) is 0 Å². The maximum Gasteiger partial charge on any atom is 0.308 e. The normalized spacial score (nSPS) is 27.7. The van der Waals surface area contributed by atoms with Gasteiger partial charge in [-0.05, 0) is 32.2 Å². The lowest BCUT2D eigenvalue weighted by molar-refractivity contribution is -0.146. The summed E-state index contributed by atoms with van der Waals surface area (Å²) < 4.78 is 1.98. The van der Waals surface area contributed by atoms with Crippen LogP contribution in [0.3, 0.4) is 0 Å². The van der Waals surface area contributed by atoms with Crippen molar-refractivity contribution in [1.82, 2.24) is 14.5 Å². The number of carboxylic acid groups (broad SMARTS) is 1. The average molecular weight is 265 g/mol. The van der Waals surface area contributed by atoms with Crippen LogP contribution >= 0.6 is 0 Å². The second-order valence-electron chi connectivity index (χ2n) is 5.80. The molecule has 0 amide bonds. The maximum absolute atomic E-state index is 11.4. The van der Waals surface area contributed by atoms with Gasteiger partial charge in [0, 0.05) is 25.5 Å². The first-order valence-electron chi connectivity index (χ1n) is 6.88. The second-order valence-corrected chi connectivity index (χ2v) is 5.80. The molecule has 0 saturated heterocycles. The topological polar surface area (TPSA) is 58.4 Å². The van der Waals surface area contributed by atoms with Crippen LogP contribution in [0.15, 0.2) is 12.4 Å². The quantitative estimate of drug-likeness (QED) is 0.901. The van der Waals surface area contributed by atoms with E-state index in [1.807, 2.05) is 24.9 Å². The summed E-state index contributed by atoms with van der Waals surface area (Å²) in [5.74, 6) is 0.666. The molecule has 1 aliphatic rings. The van der Waals surface area contributed by atoms with Gasteiger partial charge in [-0.1, -0.05) is 6.92 Å². The van der Waals surface area contributed by atoms with Crippen LogP contribution in [0.5, 0.6) is 0 Å². The van der Waals surface area contributed by atoms with Gasteiger partial charge in [-0.25, -0.2) is 4.98 Å². The van der Waals surface area contributed by atoms with Crippen LogP contribution < -0.4 is 0 Å². The highest BCUT2D eigenvalue weighted by molar-refractivity contribution is 5.71. The van der Waals surface area contributed by atoms with Gasteiger partial charge in [-0.3, -0.25) is 9.69 Å². The van der Waals surface area contributed by atoms with Crippen LogP contribution in [0, 0.1) is 11.8 Å². The third-order valence-corrected chi connectivity index (χ3v) is 4.27. The number of carbonyl (C=O) groups is 1. The zero-order valence-corrected chi connectivity index (χ0v) is 11.9. The lowest BCUT2D eigenvalue weighted by atomic mass is 9.78. The number of imidazole rings is 1. The van der Waals surface area contributed by atoms with E-state index in [9.17, 15) is 9.90 Å². The first kappa shape index (κ1) is 14.1. The van der Waals surface area contributed by atoms with Crippen molar-refractivity contribution in [2.45, 2.75) is 38.8 Å². The van der Waals surface area contributed by atoms with Crippen LogP contribution in [0.25, 0.3) is 0 Å². The molecule has 106 valence electrons. The molecule has 2 rings (SSSR count). The van der Waals surface area contributed by atoms with Crippen LogP contribution in [-0.2, 0) is 18.4 Å². The third kappa shape index (κ3) is 3.15. The van der Waals surface area contributed by atoms with Gasteiger partial charge in [0.2, 0.25) is 0 Å². The van der Waals surface area contributed by atoms with Gasteiger partial charge >= 0.3 is 5.97 Å². The molecule has 3 atom stereocenters. The first-order chi connectivity index (χ1) is 8.99. The lowest BCUT2D eigenvalue weighted by Gasteiger charge is -2.38. The Bertz CT molecular complexity index is 444. The van der Waals surface area contributed by atoms with E-state index in [1.54, 1.807) is 6.20 Å². The van der Waals surface area contributed by atoms with E-state index in [-0.39, 0.29) is 12.0 Å². The Labute approximate surface area is 114 Å². The fourth-order valence-corrected chi connectivity index (χ4v) is 3.02. The predicted molar refractivity (Wildman–Crippen MR) is 72.6 cm³/mol. The minimum Gasteiger partial charge on any atom is -0.481 e. The highest BCUT2D eigenvalue weighted by Gasteiger charge is 2.36. The number of carboxylic acids is 1. The molecule has 3 unspecified atom stereocenters. The highest BCUT2D eigenvalue weighted by Crippen LogP contribution is 2.32. The van der Waals surface area contributed by atoms with Crippen molar-refractivity contribution < 1.29 is 9.90 Å². The molecule has 19 heavy (non-hydrogen) atoms. The molecule has 1 saturated carbocycles. The van der Waals surface area contributed by atoms with Crippen molar-refractivity contribution in [2.24, 2.45) is 18.9 Å². The van der Waals surface area contributed by atoms with Crippen molar-refractivity contribution in [1.29, 1.82) is 0 Å². The van der Waals surface area contributed by atoms with Gasteiger partial charge in [0.25, 0.3) is 0 Å². The summed E-state index contributed by atoms with van der Waals surface area (Å²) in [6.07, 6.45) is 6.45. The number of aliphatic carboxylic acids is 1. The van der Waals surface area contributed by atoms with E-state index < -0.39 is 5.97 Å². The van der Waals surface area contributed by atoms with Gasteiger partial charge in [0.1, 0.15) is 5.82 Å². The van der Waals surface area contributed by atoms with E-state index in [4.69, 9.17) is 0 Å². The molecule has 1 aromatic rings. The molecule has 0 spiro atoms. The fraction of sp³-hybridized carbons (Fsp3) is 0.714. The smallest absolute Gasteiger partial charge is 0.308 e. The molecule has 0 bridgehead atoms. The standard InChI is InChI=1S/C14H23N3O2/c1-10-4-5-11(14(18)19)12(8-10)17(3)9-13-15-6-7-16(13)2/h6-7,10-12H,4-5,8-9H2,1-3H3,(H,18,19). The SMILES string of the molecule is CC1CCC(C(=O)O)C(N(C)Cc2nccn2C)C1. The summed E-state index contributed by atoms with van der Waals surface area (Å²) in [4.78, 5) is 17.9. The van der Waals surface area contributed by atoms with Crippen LogP contribution in [0.1, 0.15) is 32.0 Å². The summed E-state index contributed by atoms with van der Waals surface area (Å²) in [6, 6.07) is 0.109. The first-order valence-corrected chi connectivity index (χ1v) is 6.88. The number of aryl methyl sites for hydroxylation is 1. The molecule has 0 aliphatic heterocycles. The molecule has 5 nitrogen and oxygen atoms in total. The van der Waals surface area contributed by atoms with Crippen molar-refractivity contribution in [2.75, 3.05) is 7.05 Å².